The van der Waals surface area contributed by atoms with Crippen molar-refractivity contribution in [3.05, 3.63) is 41.3 Å². The van der Waals surface area contributed by atoms with Crippen molar-refractivity contribution in [2.45, 2.75) is 33.2 Å². The third-order valence-corrected chi connectivity index (χ3v) is 5.99. The molecule has 5 heteroatoms. The number of benzene rings is 1. The molecule has 1 N–H and O–H groups in total. The Bertz CT molecular complexity index is 881. The summed E-state index contributed by atoms with van der Waals surface area (Å²) in [6.45, 7) is 9.17. The molecule has 0 bridgehead atoms. The van der Waals surface area contributed by atoms with Crippen LogP contribution in [0.5, 0.6) is 0 Å². The van der Waals surface area contributed by atoms with E-state index in [1.165, 1.54) is 5.57 Å². The number of H-pyrrole nitrogens is 1. The fourth-order valence-electron chi connectivity index (χ4n) is 4.64. The molecule has 2 aromatic rings. The monoisotopic (exact) mass is 355 g/mol. The van der Waals surface area contributed by atoms with Crippen LogP contribution in [0, 0.1) is 11.9 Å². The number of nitrogens with one attached hydrogen (secondary N) is 1. The lowest BCUT2D eigenvalue weighted by Crippen LogP contribution is -2.49. The van der Waals surface area contributed by atoms with Crippen molar-refractivity contribution in [2.24, 2.45) is 5.92 Å². The van der Waals surface area contributed by atoms with Crippen molar-refractivity contribution in [1.82, 2.24) is 14.8 Å². The third-order valence-electron chi connectivity index (χ3n) is 5.99. The molecule has 0 spiro atoms. The number of nitrogens with zero attached hydrogens (tertiary/aromatic N) is 2. The number of fused-ring (bicyclic) bond motifs is 2. The van der Waals surface area contributed by atoms with Crippen LogP contribution in [0.25, 0.3) is 16.5 Å². The zero-order chi connectivity index (χ0) is 18.4. The summed E-state index contributed by atoms with van der Waals surface area (Å²) in [6.07, 6.45) is 2.81. The fraction of sp³-hybridized carbons (Fsp3) is 0.476. The summed E-state index contributed by atoms with van der Waals surface area (Å²) >= 11 is 0. The quantitative estimate of drug-likeness (QED) is 0.913. The number of likely N-dealkylation sites (N-methyl/N-ethyl adjacent to an activating group) is 1. The number of carbonyl (C=O) groups excluding carboxylic acids is 1. The number of carbonyl (C=O) groups is 1. The fourth-order valence-corrected chi connectivity index (χ4v) is 4.64. The van der Waals surface area contributed by atoms with Crippen molar-refractivity contribution in [3.8, 4) is 0 Å². The first kappa shape index (κ1) is 17.3. The Morgan fingerprint density at radius 2 is 2.08 bits per heavy atom. The largest absolute Gasteiger partial charge is 0.343 e. The number of aromatic amines is 1. The molecular formula is C21H26FN3O. The van der Waals surface area contributed by atoms with E-state index in [0.29, 0.717) is 13.0 Å². The van der Waals surface area contributed by atoms with Crippen LogP contribution in [0.15, 0.2) is 24.3 Å². The molecule has 0 radical (unpaired) electrons. The van der Waals surface area contributed by atoms with Crippen LogP contribution in [0.1, 0.15) is 31.9 Å². The highest BCUT2D eigenvalue weighted by atomic mass is 19.1. The number of aromatic nitrogens is 1. The summed E-state index contributed by atoms with van der Waals surface area (Å²) in [5, 5.41) is 0.986. The lowest BCUT2D eigenvalue weighted by molar-refractivity contribution is -0.134. The predicted octanol–water partition coefficient (Wildman–Crippen LogP) is 3.44. The maximum Gasteiger partial charge on any atom is 0.230 e. The van der Waals surface area contributed by atoms with Gasteiger partial charge >= 0.3 is 0 Å². The molecule has 1 aliphatic heterocycles. The second-order valence-electron chi connectivity index (χ2n) is 7.19. The van der Waals surface area contributed by atoms with Crippen molar-refractivity contribution < 1.29 is 9.18 Å². The number of amides is 1. The van der Waals surface area contributed by atoms with Crippen LogP contribution >= 0.6 is 0 Å². The topological polar surface area (TPSA) is 39.3 Å². The highest BCUT2D eigenvalue weighted by Crippen LogP contribution is 2.42. The second-order valence-corrected chi connectivity index (χ2v) is 7.19. The van der Waals surface area contributed by atoms with E-state index < -0.39 is 0 Å². The minimum Gasteiger partial charge on any atom is -0.343 e. The van der Waals surface area contributed by atoms with Gasteiger partial charge in [0.15, 0.2) is 5.95 Å². The Morgan fingerprint density at radius 1 is 1.31 bits per heavy atom. The first-order chi connectivity index (χ1) is 12.6. The molecule has 4 rings (SSSR count). The lowest BCUT2D eigenvalue weighted by atomic mass is 9.79. The van der Waals surface area contributed by atoms with E-state index in [0.717, 1.165) is 41.7 Å². The summed E-state index contributed by atoms with van der Waals surface area (Å²) in [4.78, 5) is 20.1. The zero-order valence-corrected chi connectivity index (χ0v) is 15.7. The van der Waals surface area contributed by atoms with E-state index in [2.05, 4.69) is 29.0 Å². The number of hydrogen-bond acceptors (Lipinski definition) is 2. The molecule has 4 nitrogen and oxygen atoms in total. The second kappa shape index (κ2) is 6.54. The van der Waals surface area contributed by atoms with E-state index in [4.69, 9.17) is 0 Å². The van der Waals surface area contributed by atoms with Gasteiger partial charge in [-0.3, -0.25) is 9.69 Å². The van der Waals surface area contributed by atoms with Crippen LogP contribution in [0.4, 0.5) is 4.39 Å². The Kier molecular flexibility index (Phi) is 4.35. The maximum absolute atomic E-state index is 14.5. The molecule has 0 fully saturated rings. The van der Waals surface area contributed by atoms with Gasteiger partial charge in [-0.1, -0.05) is 25.1 Å². The van der Waals surface area contributed by atoms with Gasteiger partial charge in [0.05, 0.1) is 5.92 Å². The summed E-state index contributed by atoms with van der Waals surface area (Å²) in [7, 11) is 0. The maximum atomic E-state index is 14.5. The summed E-state index contributed by atoms with van der Waals surface area (Å²) in [5.74, 6) is -0.164. The molecule has 1 amide bonds. The molecule has 0 saturated heterocycles. The Hall–Kier alpha value is -2.14. The van der Waals surface area contributed by atoms with Gasteiger partial charge in [-0.05, 0) is 44.0 Å². The minimum atomic E-state index is -0.219. The van der Waals surface area contributed by atoms with Crippen molar-refractivity contribution in [2.75, 3.05) is 26.2 Å². The molecule has 1 aliphatic carbocycles. The van der Waals surface area contributed by atoms with Crippen LogP contribution in [-0.2, 0) is 11.2 Å². The normalized spacial score (nSPS) is 22.2. The first-order valence-electron chi connectivity index (χ1n) is 9.62. The Balaban J connectivity index is 1.84. The van der Waals surface area contributed by atoms with Crippen molar-refractivity contribution in [3.63, 3.8) is 0 Å². The van der Waals surface area contributed by atoms with Crippen LogP contribution in [-0.4, -0.2) is 52.9 Å². The molecule has 2 aliphatic rings. The average molecular weight is 355 g/mol. The van der Waals surface area contributed by atoms with Gasteiger partial charge in [0.1, 0.15) is 0 Å². The molecule has 26 heavy (non-hydrogen) atoms. The molecular weight excluding hydrogens is 329 g/mol. The van der Waals surface area contributed by atoms with E-state index in [-0.39, 0.29) is 23.8 Å². The average Bonchev–Trinajstić information content (AvgIpc) is 2.99. The Labute approximate surface area is 153 Å². The smallest absolute Gasteiger partial charge is 0.230 e. The first-order valence-corrected chi connectivity index (χ1v) is 9.62. The van der Waals surface area contributed by atoms with Gasteiger partial charge < -0.3 is 9.88 Å². The van der Waals surface area contributed by atoms with Crippen LogP contribution < -0.4 is 0 Å². The van der Waals surface area contributed by atoms with E-state index >= 15 is 0 Å². The highest BCUT2D eigenvalue weighted by Gasteiger charge is 2.38. The van der Waals surface area contributed by atoms with E-state index in [9.17, 15) is 9.18 Å². The Morgan fingerprint density at radius 3 is 2.77 bits per heavy atom. The molecule has 1 unspecified atom stereocenters. The summed E-state index contributed by atoms with van der Waals surface area (Å²) < 4.78 is 14.5. The molecule has 2 heterocycles. The van der Waals surface area contributed by atoms with Crippen LogP contribution in [0.2, 0.25) is 0 Å². The SMILES string of the molecule is CCN(CC)C(=O)[C@@H]1C=C2c3cccc4[nH]c(F)c(c34)CC2N(CC)C1. The minimum absolute atomic E-state index is 0.137. The molecule has 138 valence electrons. The van der Waals surface area contributed by atoms with Gasteiger partial charge in [-0.15, -0.1) is 0 Å². The van der Waals surface area contributed by atoms with Crippen molar-refractivity contribution in [1.29, 1.82) is 0 Å². The third kappa shape index (κ3) is 2.49. The highest BCUT2D eigenvalue weighted by molar-refractivity contribution is 5.99. The van der Waals surface area contributed by atoms with E-state index in [1.807, 2.05) is 30.9 Å². The van der Waals surface area contributed by atoms with Crippen LogP contribution in [0.3, 0.4) is 0 Å². The van der Waals surface area contributed by atoms with Gasteiger partial charge in [0.2, 0.25) is 5.91 Å². The lowest BCUT2D eigenvalue weighted by Gasteiger charge is -2.41. The van der Waals surface area contributed by atoms with Gasteiger partial charge in [0, 0.05) is 42.1 Å². The van der Waals surface area contributed by atoms with Gasteiger partial charge in [-0.25, -0.2) is 0 Å². The number of hydrogen-bond donors (Lipinski definition) is 1. The summed E-state index contributed by atoms with van der Waals surface area (Å²) in [6, 6.07) is 6.09. The molecule has 2 atom stereocenters. The number of rotatable bonds is 4. The van der Waals surface area contributed by atoms with Gasteiger partial charge in [-0.2, -0.15) is 4.39 Å². The molecule has 1 aromatic carbocycles. The van der Waals surface area contributed by atoms with Crippen molar-refractivity contribution >= 4 is 22.4 Å². The molecule has 1 aromatic heterocycles. The zero-order valence-electron chi connectivity index (χ0n) is 15.7. The standard InChI is InChI=1S/C21H26FN3O/c1-4-24(5-2)21(26)13-10-15-14-8-7-9-17-19(14)16(20(22)23-17)11-18(15)25(6-3)12-13/h7-10,13,18,23H,4-6,11-12H2,1-3H3/t13-,18?/m1/s1. The van der Waals surface area contributed by atoms with Gasteiger partial charge in [0.25, 0.3) is 0 Å². The molecule has 0 saturated carbocycles. The number of halogens is 1. The van der Waals surface area contributed by atoms with E-state index in [1.54, 1.807) is 0 Å². The summed E-state index contributed by atoms with van der Waals surface area (Å²) in [5.41, 5.74) is 3.88. The predicted molar refractivity (Wildman–Crippen MR) is 102 cm³/mol.